The Morgan fingerprint density at radius 2 is 1.90 bits per heavy atom. The van der Waals surface area contributed by atoms with Crippen LogP contribution in [0, 0.1) is 0 Å². The molecule has 0 radical (unpaired) electrons. The maximum Gasteiger partial charge on any atom is 0.295 e. The number of hydrogen-bond donors (Lipinski definition) is 2. The lowest BCUT2D eigenvalue weighted by Gasteiger charge is -2.07. The third-order valence-electron chi connectivity index (χ3n) is 4.00. The van der Waals surface area contributed by atoms with Crippen LogP contribution in [0.5, 0.6) is 11.6 Å². The molecule has 0 fully saturated rings. The van der Waals surface area contributed by atoms with Crippen LogP contribution in [0.4, 0.5) is 14.5 Å². The summed E-state index contributed by atoms with van der Waals surface area (Å²) in [5.74, 6) is 0.0877. The molecule has 1 amide bonds. The summed E-state index contributed by atoms with van der Waals surface area (Å²) < 4.78 is 31.1. The maximum absolute atomic E-state index is 12.7. The van der Waals surface area contributed by atoms with Gasteiger partial charge in [0.05, 0.1) is 22.9 Å². The molecule has 4 rings (SSSR count). The predicted molar refractivity (Wildman–Crippen MR) is 105 cm³/mol. The van der Waals surface area contributed by atoms with E-state index in [4.69, 9.17) is 16.3 Å². The molecule has 9 heteroatoms. The van der Waals surface area contributed by atoms with Crippen molar-refractivity contribution < 1.29 is 18.3 Å². The Kier molecular flexibility index (Phi) is 5.09. The van der Waals surface area contributed by atoms with E-state index >= 15 is 0 Å². The average Bonchev–Trinajstić information content (AvgIpc) is 3.15. The fraction of sp³-hybridized carbons (Fsp3) is 0.0500. The molecule has 0 unspecified atom stereocenters. The van der Waals surface area contributed by atoms with Gasteiger partial charge in [0.25, 0.3) is 12.3 Å². The number of imidazole rings is 1. The van der Waals surface area contributed by atoms with Crippen molar-refractivity contribution in [2.45, 2.75) is 6.43 Å². The molecule has 29 heavy (non-hydrogen) atoms. The first-order valence-electron chi connectivity index (χ1n) is 8.46. The first-order chi connectivity index (χ1) is 14.0. The molecule has 2 aromatic carbocycles. The van der Waals surface area contributed by atoms with Crippen LogP contribution in [0.15, 0.2) is 60.8 Å². The second kappa shape index (κ2) is 7.84. The van der Waals surface area contributed by atoms with Gasteiger partial charge in [-0.15, -0.1) is 0 Å². The standard InChI is InChI=1S/C20H13ClF2N4O2/c21-12-2-5-14(6-3-12)29-17-8-4-13(10-24-17)25-20(28)11-1-7-15-16(9-11)27-19(26-15)18(22)23/h1-10,18H,(H,25,28)(H,26,27). The van der Waals surface area contributed by atoms with Crippen molar-refractivity contribution in [3.63, 3.8) is 0 Å². The van der Waals surface area contributed by atoms with Crippen LogP contribution in [0.3, 0.4) is 0 Å². The lowest BCUT2D eigenvalue weighted by molar-refractivity contribution is 0.102. The first-order valence-corrected chi connectivity index (χ1v) is 8.84. The zero-order valence-electron chi connectivity index (χ0n) is 14.7. The van der Waals surface area contributed by atoms with Gasteiger partial charge in [-0.2, -0.15) is 0 Å². The number of hydrogen-bond acceptors (Lipinski definition) is 4. The number of pyridine rings is 1. The molecule has 2 heterocycles. The lowest BCUT2D eigenvalue weighted by Crippen LogP contribution is -2.11. The van der Waals surface area contributed by atoms with Crippen molar-refractivity contribution in [2.75, 3.05) is 5.32 Å². The molecule has 2 N–H and O–H groups in total. The van der Waals surface area contributed by atoms with Gasteiger partial charge >= 0.3 is 0 Å². The third-order valence-corrected chi connectivity index (χ3v) is 4.25. The largest absolute Gasteiger partial charge is 0.439 e. The van der Waals surface area contributed by atoms with E-state index in [9.17, 15) is 13.6 Å². The molecule has 4 aromatic rings. The predicted octanol–water partition coefficient (Wildman–Crippen LogP) is 5.59. The van der Waals surface area contributed by atoms with Crippen LogP contribution in [0.25, 0.3) is 11.0 Å². The number of ether oxygens (including phenoxy) is 1. The minimum absolute atomic E-state index is 0.295. The quantitative estimate of drug-likeness (QED) is 0.446. The number of aromatic nitrogens is 3. The first kappa shape index (κ1) is 18.8. The Hall–Kier alpha value is -3.52. The van der Waals surface area contributed by atoms with Gasteiger partial charge in [0.2, 0.25) is 5.88 Å². The Morgan fingerprint density at radius 3 is 2.59 bits per heavy atom. The smallest absolute Gasteiger partial charge is 0.295 e. The molecule has 0 spiro atoms. The molecule has 6 nitrogen and oxygen atoms in total. The number of carbonyl (C=O) groups is 1. The zero-order chi connectivity index (χ0) is 20.4. The summed E-state index contributed by atoms with van der Waals surface area (Å²) in [7, 11) is 0. The number of H-pyrrole nitrogens is 1. The van der Waals surface area contributed by atoms with Gasteiger partial charge in [-0.3, -0.25) is 4.79 Å². The van der Waals surface area contributed by atoms with Crippen molar-refractivity contribution >= 4 is 34.2 Å². The highest BCUT2D eigenvalue weighted by atomic mass is 35.5. The van der Waals surface area contributed by atoms with E-state index in [1.54, 1.807) is 36.4 Å². The van der Waals surface area contributed by atoms with Gasteiger partial charge in [0.1, 0.15) is 5.75 Å². The van der Waals surface area contributed by atoms with Crippen molar-refractivity contribution in [2.24, 2.45) is 0 Å². The van der Waals surface area contributed by atoms with Crippen molar-refractivity contribution in [1.82, 2.24) is 15.0 Å². The van der Waals surface area contributed by atoms with Gasteiger partial charge in [-0.1, -0.05) is 11.6 Å². The van der Waals surface area contributed by atoms with Gasteiger partial charge < -0.3 is 15.0 Å². The van der Waals surface area contributed by atoms with E-state index in [-0.39, 0.29) is 0 Å². The molecule has 0 atom stereocenters. The third kappa shape index (κ3) is 4.33. The number of halogens is 3. The number of rotatable bonds is 5. The van der Waals surface area contributed by atoms with E-state index < -0.39 is 18.2 Å². The summed E-state index contributed by atoms with van der Waals surface area (Å²) in [4.78, 5) is 22.9. The summed E-state index contributed by atoms with van der Waals surface area (Å²) in [5, 5.41) is 3.29. The molecular formula is C20H13ClF2N4O2. The molecule has 0 aliphatic rings. The number of carbonyl (C=O) groups excluding carboxylic acids is 1. The van der Waals surface area contributed by atoms with Crippen LogP contribution in [0.2, 0.25) is 5.02 Å². The number of benzene rings is 2. The average molecular weight is 415 g/mol. The van der Waals surface area contributed by atoms with E-state index in [1.165, 1.54) is 24.4 Å². The Balaban J connectivity index is 1.45. The van der Waals surface area contributed by atoms with E-state index in [0.29, 0.717) is 38.9 Å². The molecule has 0 aliphatic carbocycles. The van der Waals surface area contributed by atoms with Crippen LogP contribution in [-0.2, 0) is 0 Å². The van der Waals surface area contributed by atoms with Gasteiger partial charge in [-0.25, -0.2) is 18.7 Å². The van der Waals surface area contributed by atoms with Crippen LogP contribution < -0.4 is 10.1 Å². The Morgan fingerprint density at radius 1 is 1.10 bits per heavy atom. The highest BCUT2D eigenvalue weighted by Gasteiger charge is 2.14. The number of anilines is 1. The minimum atomic E-state index is -2.71. The highest BCUT2D eigenvalue weighted by Crippen LogP contribution is 2.23. The second-order valence-corrected chi connectivity index (χ2v) is 6.49. The Labute approximate surface area is 168 Å². The van der Waals surface area contributed by atoms with Gasteiger partial charge in [0.15, 0.2) is 5.82 Å². The van der Waals surface area contributed by atoms with Gasteiger partial charge in [-0.05, 0) is 48.5 Å². The second-order valence-electron chi connectivity index (χ2n) is 6.05. The topological polar surface area (TPSA) is 79.9 Å². The summed E-state index contributed by atoms with van der Waals surface area (Å²) in [6, 6.07) is 14.6. The summed E-state index contributed by atoms with van der Waals surface area (Å²) in [6.07, 6.45) is -1.26. The van der Waals surface area contributed by atoms with E-state index in [1.807, 2.05) is 0 Å². The number of alkyl halides is 2. The summed E-state index contributed by atoms with van der Waals surface area (Å²) in [6.45, 7) is 0. The minimum Gasteiger partial charge on any atom is -0.439 e. The highest BCUT2D eigenvalue weighted by molar-refractivity contribution is 6.30. The molecule has 146 valence electrons. The normalized spacial score (nSPS) is 11.0. The molecule has 0 saturated carbocycles. The maximum atomic E-state index is 12.7. The molecule has 0 aliphatic heterocycles. The molecular weight excluding hydrogens is 402 g/mol. The molecule has 0 bridgehead atoms. The zero-order valence-corrected chi connectivity index (χ0v) is 15.5. The lowest BCUT2D eigenvalue weighted by atomic mass is 10.2. The fourth-order valence-electron chi connectivity index (χ4n) is 2.62. The summed E-state index contributed by atoms with van der Waals surface area (Å²) >= 11 is 5.83. The van der Waals surface area contributed by atoms with Gasteiger partial charge in [0, 0.05) is 16.7 Å². The van der Waals surface area contributed by atoms with Crippen molar-refractivity contribution in [3.05, 3.63) is 77.2 Å². The monoisotopic (exact) mass is 414 g/mol. The fourth-order valence-corrected chi connectivity index (χ4v) is 2.74. The number of nitrogens with one attached hydrogen (secondary N) is 2. The summed E-state index contributed by atoms with van der Waals surface area (Å²) in [5.41, 5.74) is 1.47. The Bertz CT molecular complexity index is 1160. The van der Waals surface area contributed by atoms with Crippen LogP contribution in [0.1, 0.15) is 22.6 Å². The number of amides is 1. The number of nitrogens with zero attached hydrogens (tertiary/aromatic N) is 2. The SMILES string of the molecule is O=C(Nc1ccc(Oc2ccc(Cl)cc2)nc1)c1ccc2nc(C(F)F)[nH]c2c1. The number of fused-ring (bicyclic) bond motifs is 1. The van der Waals surface area contributed by atoms with Crippen molar-refractivity contribution in [3.8, 4) is 11.6 Å². The van der Waals surface area contributed by atoms with Crippen LogP contribution >= 0.6 is 11.6 Å². The number of aromatic amines is 1. The van der Waals surface area contributed by atoms with Crippen LogP contribution in [-0.4, -0.2) is 20.9 Å². The van der Waals surface area contributed by atoms with E-state index in [0.717, 1.165) is 0 Å². The molecule has 2 aromatic heterocycles. The van der Waals surface area contributed by atoms with E-state index in [2.05, 4.69) is 20.3 Å². The van der Waals surface area contributed by atoms with Crippen molar-refractivity contribution in [1.29, 1.82) is 0 Å². The molecule has 0 saturated heterocycles.